The highest BCUT2D eigenvalue weighted by Gasteiger charge is 2.48. The van der Waals surface area contributed by atoms with Crippen LogP contribution in [0.1, 0.15) is 20.3 Å². The van der Waals surface area contributed by atoms with Crippen LogP contribution in [0.15, 0.2) is 0 Å². The Balaban J connectivity index is 4.14. The fourth-order valence-electron chi connectivity index (χ4n) is 0.200. The topological polar surface area (TPSA) is 20.2 Å². The maximum atomic E-state index is 11.6. The molecule has 0 spiro atoms. The quantitative estimate of drug-likeness (QED) is 0.590. The number of rotatable bonds is 1. The van der Waals surface area contributed by atoms with Gasteiger partial charge in [0.25, 0.3) is 0 Å². The molecule has 0 amide bonds. The normalized spacial score (nSPS) is 19.3. The molecule has 0 radical (unpaired) electrons. The second-order valence-corrected chi connectivity index (χ2v) is 2.13. The Bertz CT molecular complexity index is 94.9. The average molecular weight is 142 g/mol. The van der Waals surface area contributed by atoms with Gasteiger partial charge in [0.2, 0.25) is 0 Å². The first-order chi connectivity index (χ1) is 3.81. The van der Waals surface area contributed by atoms with E-state index in [2.05, 4.69) is 0 Å². The molecule has 4 heteroatoms. The first kappa shape index (κ1) is 8.75. The maximum Gasteiger partial charge on any atom is 0.416 e. The Morgan fingerprint density at radius 1 is 1.33 bits per heavy atom. The number of hydrogen-bond donors (Lipinski definition) is 1. The summed E-state index contributed by atoms with van der Waals surface area (Å²) in [6.07, 6.45) is -4.81. The van der Waals surface area contributed by atoms with E-state index in [9.17, 15) is 13.2 Å². The Hall–Kier alpha value is -0.250. The van der Waals surface area contributed by atoms with Gasteiger partial charge in [0, 0.05) is 0 Å². The molecule has 0 aromatic rings. The van der Waals surface area contributed by atoms with E-state index in [0.29, 0.717) is 0 Å². The van der Waals surface area contributed by atoms with Crippen molar-refractivity contribution in [1.82, 2.24) is 0 Å². The number of halogens is 3. The summed E-state index contributed by atoms with van der Waals surface area (Å²) in [5.41, 5.74) is -2.52. The largest absolute Gasteiger partial charge is 0.416 e. The van der Waals surface area contributed by atoms with Crippen LogP contribution in [0.25, 0.3) is 0 Å². The van der Waals surface area contributed by atoms with Gasteiger partial charge in [0.1, 0.15) is 0 Å². The summed E-state index contributed by atoms with van der Waals surface area (Å²) < 4.78 is 34.8. The summed E-state index contributed by atoms with van der Waals surface area (Å²) in [5.74, 6) is 0. The molecule has 1 atom stereocenters. The molecular formula is C5H9F3O. The van der Waals surface area contributed by atoms with Gasteiger partial charge in [-0.1, -0.05) is 6.92 Å². The van der Waals surface area contributed by atoms with Gasteiger partial charge in [0.15, 0.2) is 5.60 Å². The van der Waals surface area contributed by atoms with Crippen LogP contribution in [-0.2, 0) is 0 Å². The number of hydrogen-bond acceptors (Lipinski definition) is 1. The van der Waals surface area contributed by atoms with Crippen LogP contribution in [0.5, 0.6) is 0 Å². The van der Waals surface area contributed by atoms with Crippen molar-refractivity contribution in [3.05, 3.63) is 0 Å². The van der Waals surface area contributed by atoms with Crippen molar-refractivity contribution in [2.24, 2.45) is 0 Å². The van der Waals surface area contributed by atoms with E-state index in [-0.39, 0.29) is 6.42 Å². The molecule has 0 unspecified atom stereocenters. The first-order valence-corrected chi connectivity index (χ1v) is 2.60. The van der Waals surface area contributed by atoms with Crippen LogP contribution in [0.3, 0.4) is 0 Å². The summed E-state index contributed by atoms with van der Waals surface area (Å²) in [6, 6.07) is 0. The number of alkyl halides is 3. The lowest BCUT2D eigenvalue weighted by Gasteiger charge is -2.23. The van der Waals surface area contributed by atoms with Crippen molar-refractivity contribution in [3.63, 3.8) is 0 Å². The molecule has 9 heavy (non-hydrogen) atoms. The van der Waals surface area contributed by atoms with Gasteiger partial charge in [-0.05, 0) is 13.3 Å². The molecule has 0 saturated heterocycles. The van der Waals surface area contributed by atoms with Crippen LogP contribution < -0.4 is 0 Å². The molecule has 0 aliphatic rings. The van der Waals surface area contributed by atoms with E-state index < -0.39 is 11.8 Å². The number of aliphatic hydroxyl groups is 1. The maximum absolute atomic E-state index is 11.6. The standard InChI is InChI=1S/C5H9F3O/c1-3-4(2,9)5(6,7)8/h9H,3H2,1-2H3/t4-/m1/s1. The second kappa shape index (κ2) is 2.17. The lowest BCUT2D eigenvalue weighted by molar-refractivity contribution is -0.253. The minimum atomic E-state index is -4.50. The van der Waals surface area contributed by atoms with E-state index in [1.807, 2.05) is 0 Å². The summed E-state index contributed by atoms with van der Waals surface area (Å²) in [6.45, 7) is 2.04. The molecule has 0 heterocycles. The zero-order chi connectivity index (χ0) is 7.71. The van der Waals surface area contributed by atoms with Crippen LogP contribution in [0.4, 0.5) is 13.2 Å². The van der Waals surface area contributed by atoms with Gasteiger partial charge >= 0.3 is 6.18 Å². The second-order valence-electron chi connectivity index (χ2n) is 2.13. The van der Waals surface area contributed by atoms with Crippen LogP contribution >= 0.6 is 0 Å². The Morgan fingerprint density at radius 2 is 1.67 bits per heavy atom. The fourth-order valence-corrected chi connectivity index (χ4v) is 0.200. The van der Waals surface area contributed by atoms with Crippen molar-refractivity contribution in [2.45, 2.75) is 32.0 Å². The van der Waals surface area contributed by atoms with E-state index in [4.69, 9.17) is 5.11 Å². The van der Waals surface area contributed by atoms with Crippen LogP contribution in [-0.4, -0.2) is 16.9 Å². The lowest BCUT2D eigenvalue weighted by atomic mass is 10.0. The average Bonchev–Trinajstić information content (AvgIpc) is 1.64. The Kier molecular flexibility index (Phi) is 2.11. The third-order valence-electron chi connectivity index (χ3n) is 1.30. The highest BCUT2D eigenvalue weighted by molar-refractivity contribution is 4.78. The first-order valence-electron chi connectivity index (χ1n) is 2.60. The summed E-state index contributed by atoms with van der Waals surface area (Å²) in [7, 11) is 0. The SMILES string of the molecule is CC[C@@](C)(O)C(F)(F)F. The lowest BCUT2D eigenvalue weighted by Crippen LogP contribution is -2.41. The van der Waals surface area contributed by atoms with Gasteiger partial charge < -0.3 is 5.11 Å². The van der Waals surface area contributed by atoms with E-state index >= 15 is 0 Å². The highest BCUT2D eigenvalue weighted by atomic mass is 19.4. The molecule has 56 valence electrons. The molecule has 0 aromatic carbocycles. The summed E-state index contributed by atoms with van der Waals surface area (Å²) in [4.78, 5) is 0. The minimum absolute atomic E-state index is 0.309. The van der Waals surface area contributed by atoms with Crippen LogP contribution in [0.2, 0.25) is 0 Å². The molecule has 0 rings (SSSR count). The molecule has 0 aliphatic carbocycles. The summed E-state index contributed by atoms with van der Waals surface area (Å²) >= 11 is 0. The Labute approximate surface area is 51.5 Å². The Morgan fingerprint density at radius 3 is 1.67 bits per heavy atom. The minimum Gasteiger partial charge on any atom is -0.381 e. The van der Waals surface area contributed by atoms with Crippen molar-refractivity contribution >= 4 is 0 Å². The van der Waals surface area contributed by atoms with E-state index in [0.717, 1.165) is 6.92 Å². The highest BCUT2D eigenvalue weighted by Crippen LogP contribution is 2.31. The van der Waals surface area contributed by atoms with Gasteiger partial charge in [-0.2, -0.15) is 13.2 Å². The van der Waals surface area contributed by atoms with Gasteiger partial charge in [-0.3, -0.25) is 0 Å². The van der Waals surface area contributed by atoms with Crippen molar-refractivity contribution in [3.8, 4) is 0 Å². The van der Waals surface area contributed by atoms with Gasteiger partial charge in [-0.15, -0.1) is 0 Å². The van der Waals surface area contributed by atoms with Crippen molar-refractivity contribution < 1.29 is 18.3 Å². The molecule has 0 fully saturated rings. The molecule has 0 aliphatic heterocycles. The molecule has 1 nitrogen and oxygen atoms in total. The molecular weight excluding hydrogens is 133 g/mol. The molecule has 1 N–H and O–H groups in total. The van der Waals surface area contributed by atoms with Crippen molar-refractivity contribution in [1.29, 1.82) is 0 Å². The van der Waals surface area contributed by atoms with Crippen LogP contribution in [0, 0.1) is 0 Å². The smallest absolute Gasteiger partial charge is 0.381 e. The third-order valence-corrected chi connectivity index (χ3v) is 1.30. The van der Waals surface area contributed by atoms with E-state index in [1.165, 1.54) is 6.92 Å². The predicted octanol–water partition coefficient (Wildman–Crippen LogP) is 1.71. The third kappa shape index (κ3) is 1.86. The van der Waals surface area contributed by atoms with Gasteiger partial charge in [0.05, 0.1) is 0 Å². The summed E-state index contributed by atoms with van der Waals surface area (Å²) in [5, 5.41) is 8.53. The monoisotopic (exact) mass is 142 g/mol. The zero-order valence-corrected chi connectivity index (χ0v) is 5.29. The van der Waals surface area contributed by atoms with Crippen molar-refractivity contribution in [2.75, 3.05) is 0 Å². The fraction of sp³-hybridized carbons (Fsp3) is 1.00. The van der Waals surface area contributed by atoms with E-state index in [1.54, 1.807) is 0 Å². The van der Waals surface area contributed by atoms with Gasteiger partial charge in [-0.25, -0.2) is 0 Å². The predicted molar refractivity (Wildman–Crippen MR) is 27.0 cm³/mol. The zero-order valence-electron chi connectivity index (χ0n) is 5.29. The molecule has 0 saturated carbocycles. The molecule has 0 aromatic heterocycles. The molecule has 0 bridgehead atoms.